The van der Waals surface area contributed by atoms with Gasteiger partial charge in [0.25, 0.3) is 3.78 Å². The van der Waals surface area contributed by atoms with Crippen molar-refractivity contribution in [1.82, 2.24) is 0 Å². The molecule has 0 spiro atoms. The lowest BCUT2D eigenvalue weighted by molar-refractivity contribution is -0.145. The smallest absolute Gasteiger partial charge is 0.346 e. The van der Waals surface area contributed by atoms with Crippen molar-refractivity contribution < 1.29 is 14.3 Å². The van der Waals surface area contributed by atoms with Crippen LogP contribution < -0.4 is 0 Å². The van der Waals surface area contributed by atoms with Crippen LogP contribution in [-0.2, 0) is 14.3 Å². The van der Waals surface area contributed by atoms with Gasteiger partial charge >= 0.3 is 5.97 Å². The van der Waals surface area contributed by atoms with Gasteiger partial charge in [-0.3, -0.25) is 4.79 Å². The lowest BCUT2D eigenvalue weighted by Gasteiger charge is -2.13. The van der Waals surface area contributed by atoms with Crippen LogP contribution in [0, 0.1) is 0 Å². The van der Waals surface area contributed by atoms with Crippen LogP contribution in [0.3, 0.4) is 0 Å². The Bertz CT molecular complexity index is 179. The molecule has 0 aliphatic carbocycles. The molecule has 5 heteroatoms. The fraction of sp³-hybridized carbons (Fsp3) is 0.667. The van der Waals surface area contributed by atoms with Gasteiger partial charge in [-0.15, -0.1) is 0 Å². The van der Waals surface area contributed by atoms with E-state index < -0.39 is 15.5 Å². The lowest BCUT2D eigenvalue weighted by atomic mass is 10.3. The number of rotatable bonds is 3. The zero-order valence-corrected chi connectivity index (χ0v) is 8.53. The Morgan fingerprint density at radius 3 is 2.36 bits per heavy atom. The first-order chi connectivity index (χ1) is 4.92. The van der Waals surface area contributed by atoms with Crippen molar-refractivity contribution in [1.29, 1.82) is 0 Å². The molecule has 64 valence electrons. The molecule has 0 rings (SSSR count). The van der Waals surface area contributed by atoms with E-state index in [0.717, 1.165) is 0 Å². The summed E-state index contributed by atoms with van der Waals surface area (Å²) in [6.45, 7) is 3.04. The number of carbonyl (C=O) groups is 2. The zero-order chi connectivity index (χ0) is 9.07. The van der Waals surface area contributed by atoms with Crippen molar-refractivity contribution in [3.63, 3.8) is 0 Å². The third-order valence-electron chi connectivity index (χ3n) is 0.974. The highest BCUT2D eigenvalue weighted by Crippen LogP contribution is 2.26. The Morgan fingerprint density at radius 2 is 2.09 bits per heavy atom. The second kappa shape index (κ2) is 4.07. The topological polar surface area (TPSA) is 43.4 Å². The van der Waals surface area contributed by atoms with Gasteiger partial charge in [-0.25, -0.2) is 4.79 Å². The molecule has 0 radical (unpaired) electrons. The molecule has 1 unspecified atom stereocenters. The van der Waals surface area contributed by atoms with Crippen molar-refractivity contribution in [2.75, 3.05) is 6.61 Å². The van der Waals surface area contributed by atoms with Crippen LogP contribution in [0.25, 0.3) is 0 Å². The maximum absolute atomic E-state index is 10.9. The van der Waals surface area contributed by atoms with Crippen molar-refractivity contribution >= 4 is 39.3 Å². The van der Waals surface area contributed by atoms with E-state index in [-0.39, 0.29) is 6.61 Å². The van der Waals surface area contributed by atoms with Crippen LogP contribution in [-0.4, -0.2) is 22.1 Å². The molecule has 0 aliphatic heterocycles. The molecule has 0 saturated carbocycles. The maximum Gasteiger partial charge on any atom is 0.346 e. The summed E-state index contributed by atoms with van der Waals surface area (Å²) in [6.07, 6.45) is 0. The molecule has 0 aromatic carbocycles. The summed E-state index contributed by atoms with van der Waals surface area (Å²) in [4.78, 5) is 21.6. The fourth-order valence-corrected chi connectivity index (χ4v) is 0.534. The predicted molar refractivity (Wildman–Crippen MR) is 44.8 cm³/mol. The minimum absolute atomic E-state index is 0.201. The Kier molecular flexibility index (Phi) is 4.03. The van der Waals surface area contributed by atoms with Crippen molar-refractivity contribution in [3.05, 3.63) is 0 Å². The summed E-state index contributed by atoms with van der Waals surface area (Å²) >= 11 is 8.25. The molecular formula is C6H8BrClO3. The van der Waals surface area contributed by atoms with E-state index in [1.165, 1.54) is 6.92 Å². The predicted octanol–water partition coefficient (Wildman–Crippen LogP) is 1.47. The van der Waals surface area contributed by atoms with Crippen LogP contribution in [0.2, 0.25) is 0 Å². The standard InChI is InChI=1S/C6H8BrClO3/c1-3-11-5(10)6(7,8)4(2)9/h3H2,1-2H3. The van der Waals surface area contributed by atoms with E-state index in [0.29, 0.717) is 0 Å². The Morgan fingerprint density at radius 1 is 1.64 bits per heavy atom. The van der Waals surface area contributed by atoms with E-state index in [1.807, 2.05) is 0 Å². The van der Waals surface area contributed by atoms with E-state index in [4.69, 9.17) is 11.6 Å². The number of hydrogen-bond donors (Lipinski definition) is 0. The number of carbonyl (C=O) groups excluding carboxylic acids is 2. The first kappa shape index (κ1) is 10.9. The van der Waals surface area contributed by atoms with Gasteiger partial charge in [-0.05, 0) is 29.8 Å². The average Bonchev–Trinajstić information content (AvgIpc) is 1.88. The molecule has 1 atom stereocenters. The van der Waals surface area contributed by atoms with Gasteiger partial charge in [0, 0.05) is 0 Å². The van der Waals surface area contributed by atoms with Crippen LogP contribution in [0.5, 0.6) is 0 Å². The quantitative estimate of drug-likeness (QED) is 0.428. The van der Waals surface area contributed by atoms with E-state index in [2.05, 4.69) is 20.7 Å². The number of halogens is 2. The van der Waals surface area contributed by atoms with Crippen LogP contribution in [0.15, 0.2) is 0 Å². The molecule has 0 aliphatic rings. The molecule has 0 aromatic heterocycles. The Labute approximate surface area is 78.2 Å². The minimum Gasteiger partial charge on any atom is -0.464 e. The molecule has 11 heavy (non-hydrogen) atoms. The third kappa shape index (κ3) is 2.79. The van der Waals surface area contributed by atoms with Gasteiger partial charge in [-0.1, -0.05) is 11.6 Å². The van der Waals surface area contributed by atoms with Crippen molar-refractivity contribution in [2.24, 2.45) is 0 Å². The van der Waals surface area contributed by atoms with Crippen molar-refractivity contribution in [2.45, 2.75) is 17.6 Å². The average molecular weight is 243 g/mol. The van der Waals surface area contributed by atoms with E-state index >= 15 is 0 Å². The van der Waals surface area contributed by atoms with Gasteiger partial charge in [0.1, 0.15) is 0 Å². The summed E-state index contributed by atoms with van der Waals surface area (Å²) in [5, 5.41) is 0. The summed E-state index contributed by atoms with van der Waals surface area (Å²) in [5.41, 5.74) is 0. The molecular weight excluding hydrogens is 235 g/mol. The number of ether oxygens (including phenoxy) is 1. The summed E-state index contributed by atoms with van der Waals surface area (Å²) in [7, 11) is 0. The fourth-order valence-electron chi connectivity index (χ4n) is 0.365. The van der Waals surface area contributed by atoms with Crippen LogP contribution in [0.4, 0.5) is 0 Å². The second-order valence-corrected chi connectivity index (χ2v) is 4.06. The maximum atomic E-state index is 10.9. The van der Waals surface area contributed by atoms with Gasteiger partial charge in [0.2, 0.25) is 0 Å². The SMILES string of the molecule is CCOC(=O)C(Cl)(Br)C(C)=O. The molecule has 0 aromatic rings. The highest BCUT2D eigenvalue weighted by atomic mass is 79.9. The number of ketones is 1. The number of hydrogen-bond acceptors (Lipinski definition) is 3. The van der Waals surface area contributed by atoms with E-state index in [1.54, 1.807) is 6.92 Å². The van der Waals surface area contributed by atoms with Crippen molar-refractivity contribution in [3.8, 4) is 0 Å². The molecule has 0 heterocycles. The van der Waals surface area contributed by atoms with Gasteiger partial charge < -0.3 is 4.74 Å². The highest BCUT2D eigenvalue weighted by Gasteiger charge is 2.39. The van der Waals surface area contributed by atoms with Crippen LogP contribution in [0.1, 0.15) is 13.8 Å². The zero-order valence-electron chi connectivity index (χ0n) is 6.19. The number of esters is 1. The van der Waals surface area contributed by atoms with Gasteiger partial charge in [0.05, 0.1) is 6.61 Å². The first-order valence-electron chi connectivity index (χ1n) is 2.99. The molecule has 0 fully saturated rings. The Hall–Kier alpha value is -0.0900. The molecule has 3 nitrogen and oxygen atoms in total. The summed E-state index contributed by atoms with van der Waals surface area (Å²) in [6, 6.07) is 0. The number of Topliss-reactive ketones (excluding diaryl/α,β-unsaturated/α-hetero) is 1. The largest absolute Gasteiger partial charge is 0.464 e. The highest BCUT2D eigenvalue weighted by molar-refractivity contribution is 9.11. The molecule has 0 N–H and O–H groups in total. The first-order valence-corrected chi connectivity index (χ1v) is 4.16. The molecule has 0 saturated heterocycles. The van der Waals surface area contributed by atoms with Crippen LogP contribution >= 0.6 is 27.5 Å². The molecule has 0 amide bonds. The summed E-state index contributed by atoms with van der Waals surface area (Å²) < 4.78 is 2.82. The van der Waals surface area contributed by atoms with E-state index in [9.17, 15) is 9.59 Å². The van der Waals surface area contributed by atoms with Gasteiger partial charge in [0.15, 0.2) is 5.78 Å². The minimum atomic E-state index is -1.71. The van der Waals surface area contributed by atoms with Gasteiger partial charge in [-0.2, -0.15) is 0 Å². The normalized spacial score (nSPS) is 15.3. The third-order valence-corrected chi connectivity index (χ3v) is 2.28. The monoisotopic (exact) mass is 242 g/mol. The lowest BCUT2D eigenvalue weighted by Crippen LogP contribution is -2.34. The number of alkyl halides is 2. The summed E-state index contributed by atoms with van der Waals surface area (Å²) in [5.74, 6) is -1.26. The Balaban J connectivity index is 4.30. The molecule has 0 bridgehead atoms. The second-order valence-electron chi connectivity index (χ2n) is 1.85.